The van der Waals surface area contributed by atoms with Crippen LogP contribution in [0.15, 0.2) is 71.6 Å². The molecule has 3 aromatic rings. The van der Waals surface area contributed by atoms with Crippen molar-refractivity contribution < 1.29 is 14.3 Å². The highest BCUT2D eigenvalue weighted by atomic mass is 127. The van der Waals surface area contributed by atoms with E-state index >= 15 is 0 Å². The molecule has 3 aromatic carbocycles. The van der Waals surface area contributed by atoms with Crippen LogP contribution in [0.4, 0.5) is 0 Å². The molecule has 0 unspecified atom stereocenters. The van der Waals surface area contributed by atoms with Gasteiger partial charge in [-0.05, 0) is 81.8 Å². The minimum absolute atomic E-state index is 0.115. The zero-order chi connectivity index (χ0) is 23.4. The molecule has 0 spiro atoms. The average Bonchev–Trinajstić information content (AvgIpc) is 3.07. The van der Waals surface area contributed by atoms with Crippen LogP contribution in [0, 0.1) is 3.57 Å². The van der Waals surface area contributed by atoms with Crippen LogP contribution in [0.25, 0.3) is 6.08 Å². The Labute approximate surface area is 221 Å². The van der Waals surface area contributed by atoms with Gasteiger partial charge in [0.25, 0.3) is 5.91 Å². The molecule has 0 bridgehead atoms. The third-order valence-electron chi connectivity index (χ3n) is 4.93. The molecule has 1 fully saturated rings. The Kier molecular flexibility index (Phi) is 7.95. The van der Waals surface area contributed by atoms with E-state index in [4.69, 9.17) is 33.3 Å². The van der Waals surface area contributed by atoms with Gasteiger partial charge in [-0.3, -0.25) is 9.69 Å². The first-order valence-corrected chi connectivity index (χ1v) is 12.7. The summed E-state index contributed by atoms with van der Waals surface area (Å²) in [4.78, 5) is 15.1. The van der Waals surface area contributed by atoms with Crippen molar-refractivity contribution in [2.24, 2.45) is 0 Å². The monoisotopic (exact) mass is 607 g/mol. The van der Waals surface area contributed by atoms with Gasteiger partial charge in [-0.25, -0.2) is 0 Å². The van der Waals surface area contributed by atoms with E-state index in [1.54, 1.807) is 18.1 Å². The molecule has 168 valence electrons. The van der Waals surface area contributed by atoms with Crippen molar-refractivity contribution in [2.45, 2.75) is 13.2 Å². The molecule has 4 nitrogen and oxygen atoms in total. The summed E-state index contributed by atoms with van der Waals surface area (Å²) in [5.74, 6) is 1.25. The molecule has 1 aliphatic rings. The number of halogens is 2. The molecule has 1 saturated heterocycles. The zero-order valence-electron chi connectivity index (χ0n) is 17.6. The SMILES string of the molecule is COc1ccc(CN2C(=O)/C(=C\c3ccc(OCc4ccc(I)cc4)c(Cl)c3)SC2=S)cc1. The topological polar surface area (TPSA) is 38.8 Å². The quantitative estimate of drug-likeness (QED) is 0.165. The number of hydrogen-bond donors (Lipinski definition) is 0. The van der Waals surface area contributed by atoms with Gasteiger partial charge in [-0.2, -0.15) is 0 Å². The van der Waals surface area contributed by atoms with E-state index in [0.717, 1.165) is 22.4 Å². The lowest BCUT2D eigenvalue weighted by atomic mass is 10.2. The molecule has 0 radical (unpaired) electrons. The van der Waals surface area contributed by atoms with Crippen LogP contribution in [-0.4, -0.2) is 22.2 Å². The molecule has 1 amide bonds. The second-order valence-electron chi connectivity index (χ2n) is 7.22. The predicted octanol–water partition coefficient (Wildman–Crippen LogP) is 6.93. The van der Waals surface area contributed by atoms with Gasteiger partial charge < -0.3 is 9.47 Å². The first-order chi connectivity index (χ1) is 15.9. The highest BCUT2D eigenvalue weighted by molar-refractivity contribution is 14.1. The number of rotatable bonds is 7. The molecular weight excluding hydrogens is 589 g/mol. The Bertz CT molecular complexity index is 1210. The highest BCUT2D eigenvalue weighted by Crippen LogP contribution is 2.35. The first-order valence-electron chi connectivity index (χ1n) is 9.98. The molecule has 1 aliphatic heterocycles. The van der Waals surface area contributed by atoms with Gasteiger partial charge in [0.15, 0.2) is 0 Å². The van der Waals surface area contributed by atoms with Crippen LogP contribution >= 0.6 is 58.2 Å². The summed E-state index contributed by atoms with van der Waals surface area (Å²) in [6.07, 6.45) is 1.81. The number of hydrogen-bond acceptors (Lipinski definition) is 5. The fourth-order valence-electron chi connectivity index (χ4n) is 3.17. The predicted molar refractivity (Wildman–Crippen MR) is 147 cm³/mol. The number of nitrogens with zero attached hydrogens (tertiary/aromatic N) is 1. The number of thioether (sulfide) groups is 1. The van der Waals surface area contributed by atoms with Crippen molar-refractivity contribution in [3.05, 3.63) is 96.9 Å². The minimum atomic E-state index is -0.115. The summed E-state index contributed by atoms with van der Waals surface area (Å²) in [5, 5.41) is 0.489. The maximum atomic E-state index is 12.9. The fraction of sp³-hybridized carbons (Fsp3) is 0.120. The lowest BCUT2D eigenvalue weighted by molar-refractivity contribution is -0.122. The van der Waals surface area contributed by atoms with Gasteiger partial charge in [0.2, 0.25) is 0 Å². The Morgan fingerprint density at radius 3 is 2.42 bits per heavy atom. The summed E-state index contributed by atoms with van der Waals surface area (Å²) < 4.78 is 12.8. The van der Waals surface area contributed by atoms with Gasteiger partial charge >= 0.3 is 0 Å². The van der Waals surface area contributed by atoms with Crippen LogP contribution in [0.2, 0.25) is 5.02 Å². The van der Waals surface area contributed by atoms with Gasteiger partial charge in [-0.15, -0.1) is 0 Å². The van der Waals surface area contributed by atoms with Gasteiger partial charge in [0.05, 0.1) is 23.6 Å². The van der Waals surface area contributed by atoms with Crippen molar-refractivity contribution in [1.82, 2.24) is 4.90 Å². The number of carbonyl (C=O) groups is 1. The second kappa shape index (κ2) is 10.9. The third-order valence-corrected chi connectivity index (χ3v) is 7.33. The van der Waals surface area contributed by atoms with E-state index < -0.39 is 0 Å². The van der Waals surface area contributed by atoms with Crippen molar-refractivity contribution >= 4 is 74.5 Å². The Morgan fingerprint density at radius 1 is 1.06 bits per heavy atom. The van der Waals surface area contributed by atoms with E-state index in [1.807, 2.05) is 66.7 Å². The molecule has 0 aromatic heterocycles. The number of carbonyl (C=O) groups excluding carboxylic acids is 1. The minimum Gasteiger partial charge on any atom is -0.497 e. The van der Waals surface area contributed by atoms with Crippen molar-refractivity contribution in [3.63, 3.8) is 0 Å². The van der Waals surface area contributed by atoms with Crippen LogP contribution in [0.1, 0.15) is 16.7 Å². The molecule has 0 aliphatic carbocycles. The second-order valence-corrected chi connectivity index (χ2v) is 10.5. The van der Waals surface area contributed by atoms with E-state index in [0.29, 0.717) is 33.1 Å². The van der Waals surface area contributed by atoms with E-state index in [9.17, 15) is 4.79 Å². The molecule has 0 saturated carbocycles. The smallest absolute Gasteiger partial charge is 0.266 e. The maximum absolute atomic E-state index is 12.9. The van der Waals surface area contributed by atoms with Crippen LogP contribution in [0.3, 0.4) is 0 Å². The van der Waals surface area contributed by atoms with Crippen LogP contribution in [0.5, 0.6) is 11.5 Å². The lowest BCUT2D eigenvalue weighted by Crippen LogP contribution is -2.27. The summed E-state index contributed by atoms with van der Waals surface area (Å²) in [5.41, 5.74) is 2.86. The summed E-state index contributed by atoms with van der Waals surface area (Å²) >= 11 is 15.4. The summed E-state index contributed by atoms with van der Waals surface area (Å²) in [6, 6.07) is 21.2. The van der Waals surface area contributed by atoms with Gasteiger partial charge in [0, 0.05) is 3.57 Å². The number of methoxy groups -OCH3 is 1. The third kappa shape index (κ3) is 6.09. The molecule has 33 heavy (non-hydrogen) atoms. The number of thiocarbonyl (C=S) groups is 1. The van der Waals surface area contributed by atoms with E-state index in [2.05, 4.69) is 22.6 Å². The highest BCUT2D eigenvalue weighted by Gasteiger charge is 2.32. The van der Waals surface area contributed by atoms with E-state index in [-0.39, 0.29) is 5.91 Å². The molecule has 1 heterocycles. The van der Waals surface area contributed by atoms with Gasteiger partial charge in [0.1, 0.15) is 22.4 Å². The fourth-order valence-corrected chi connectivity index (χ4v) is 5.03. The van der Waals surface area contributed by atoms with Crippen LogP contribution in [-0.2, 0) is 17.9 Å². The summed E-state index contributed by atoms with van der Waals surface area (Å²) in [6.45, 7) is 0.845. The molecule has 0 atom stereocenters. The number of benzene rings is 3. The van der Waals surface area contributed by atoms with Crippen molar-refractivity contribution in [1.29, 1.82) is 0 Å². The molecule has 8 heteroatoms. The first kappa shape index (κ1) is 24.1. The average molecular weight is 608 g/mol. The van der Waals surface area contributed by atoms with E-state index in [1.165, 1.54) is 15.3 Å². The molecular formula is C25H19ClINO3S2. The zero-order valence-corrected chi connectivity index (χ0v) is 22.1. The molecule has 4 rings (SSSR count). The number of ether oxygens (including phenoxy) is 2. The van der Waals surface area contributed by atoms with Gasteiger partial charge in [-0.1, -0.05) is 65.9 Å². The Balaban J connectivity index is 1.43. The summed E-state index contributed by atoms with van der Waals surface area (Å²) in [7, 11) is 1.62. The molecule has 0 N–H and O–H groups in total. The largest absolute Gasteiger partial charge is 0.497 e. The standard InChI is InChI=1S/C25H19ClINO3S2/c1-30-20-9-4-16(5-10-20)14-28-24(29)23(33-25(28)32)13-18-6-11-22(21(26)12-18)31-15-17-2-7-19(27)8-3-17/h2-13H,14-15H2,1H3/b23-13+. The van der Waals surface area contributed by atoms with Crippen molar-refractivity contribution in [3.8, 4) is 11.5 Å². The van der Waals surface area contributed by atoms with Crippen LogP contribution < -0.4 is 9.47 Å². The van der Waals surface area contributed by atoms with Crippen molar-refractivity contribution in [2.75, 3.05) is 7.11 Å². The lowest BCUT2D eigenvalue weighted by Gasteiger charge is -2.14. The number of amides is 1. The maximum Gasteiger partial charge on any atom is 0.266 e. The Hall–Kier alpha value is -2.07. The Morgan fingerprint density at radius 2 is 1.76 bits per heavy atom. The normalized spacial score (nSPS) is 14.8.